The molecule has 186 valence electrons. The average molecular weight is 489 g/mol. The Morgan fingerprint density at radius 1 is 1.03 bits per heavy atom. The third-order valence-electron chi connectivity index (χ3n) is 5.32. The number of hydrogen-bond donors (Lipinski definition) is 3. The Hall–Kier alpha value is -3.75. The lowest BCUT2D eigenvalue weighted by molar-refractivity contribution is -0.140. The summed E-state index contributed by atoms with van der Waals surface area (Å²) in [6.07, 6.45) is -4.24. The minimum Gasteiger partial charge on any atom is -0.487 e. The van der Waals surface area contributed by atoms with E-state index in [2.05, 4.69) is 5.32 Å². The van der Waals surface area contributed by atoms with Crippen LogP contribution in [0.15, 0.2) is 54.6 Å². The number of nitrogens with one attached hydrogen (secondary N) is 1. The number of aliphatic carboxylic acids is 1. The maximum absolute atomic E-state index is 13.1. The molecule has 1 atom stereocenters. The topological polar surface area (TPSA) is 102 Å². The summed E-state index contributed by atoms with van der Waals surface area (Å²) in [5.41, 5.74) is 5.81. The largest absolute Gasteiger partial charge is 0.487 e. The summed E-state index contributed by atoms with van der Waals surface area (Å²) in [5, 5.41) is 13.4. The summed E-state index contributed by atoms with van der Waals surface area (Å²) in [7, 11) is 0. The highest BCUT2D eigenvalue weighted by atomic mass is 19.4. The van der Waals surface area contributed by atoms with E-state index in [1.165, 1.54) is 18.2 Å². The zero-order chi connectivity index (χ0) is 26.0. The minimum absolute atomic E-state index is 0.105. The highest BCUT2D eigenvalue weighted by molar-refractivity contribution is 6.05. The molecule has 3 rings (SSSR count). The van der Waals surface area contributed by atoms with Crippen LogP contribution in [-0.4, -0.2) is 23.0 Å². The predicted molar refractivity (Wildman–Crippen MR) is 127 cm³/mol. The van der Waals surface area contributed by atoms with Crippen molar-refractivity contribution in [2.45, 2.75) is 46.0 Å². The second-order valence-corrected chi connectivity index (χ2v) is 9.54. The lowest BCUT2D eigenvalue weighted by Gasteiger charge is -2.24. The number of anilines is 1. The molecule has 0 saturated carbocycles. The number of hydrogen-bond acceptors (Lipinski definition) is 4. The van der Waals surface area contributed by atoms with E-state index >= 15 is 0 Å². The molecule has 1 amide bonds. The van der Waals surface area contributed by atoms with E-state index in [-0.39, 0.29) is 29.8 Å². The number of nitrogen functional groups attached to an aromatic ring is 1. The van der Waals surface area contributed by atoms with E-state index < -0.39 is 29.7 Å². The van der Waals surface area contributed by atoms with Gasteiger partial charge in [-0.2, -0.15) is 13.2 Å². The van der Waals surface area contributed by atoms with Crippen molar-refractivity contribution < 1.29 is 32.6 Å². The number of carboxylic acid groups (broad SMARTS) is 1. The van der Waals surface area contributed by atoms with Gasteiger partial charge in [-0.05, 0) is 59.2 Å². The summed E-state index contributed by atoms with van der Waals surface area (Å²) in [5.74, 6) is -1.61. The lowest BCUT2D eigenvalue weighted by atomic mass is 9.88. The molecule has 0 aliphatic heterocycles. The highest BCUT2D eigenvalue weighted by Gasteiger charge is 2.30. The Bertz CT molecular complexity index is 1230. The Labute approximate surface area is 200 Å². The maximum atomic E-state index is 13.1. The maximum Gasteiger partial charge on any atom is 0.416 e. The number of alkyl halides is 3. The molecule has 9 heteroatoms. The minimum atomic E-state index is -4.45. The van der Waals surface area contributed by atoms with Crippen LogP contribution in [0.5, 0.6) is 5.75 Å². The fourth-order valence-electron chi connectivity index (χ4n) is 3.65. The monoisotopic (exact) mass is 488 g/mol. The van der Waals surface area contributed by atoms with Gasteiger partial charge in [0.25, 0.3) is 5.91 Å². The molecule has 0 aromatic heterocycles. The SMILES string of the molecule is CC(C)(C)CC(NC(=O)c1ccc2cc(N)ccc2c1OCc1ccc(C(F)(F)F)cc1)C(=O)O. The first-order valence-electron chi connectivity index (χ1n) is 10.9. The molecule has 6 nitrogen and oxygen atoms in total. The Morgan fingerprint density at radius 2 is 1.69 bits per heavy atom. The molecule has 0 heterocycles. The summed E-state index contributed by atoms with van der Waals surface area (Å²) < 4.78 is 44.5. The van der Waals surface area contributed by atoms with E-state index in [4.69, 9.17) is 10.5 Å². The smallest absolute Gasteiger partial charge is 0.416 e. The van der Waals surface area contributed by atoms with Crippen molar-refractivity contribution in [1.29, 1.82) is 0 Å². The fraction of sp³-hybridized carbons (Fsp3) is 0.308. The Morgan fingerprint density at radius 3 is 2.26 bits per heavy atom. The number of nitrogens with two attached hydrogens (primary N) is 1. The van der Waals surface area contributed by atoms with E-state index in [9.17, 15) is 27.9 Å². The number of halogens is 3. The van der Waals surface area contributed by atoms with Gasteiger partial charge in [-0.1, -0.05) is 39.0 Å². The first kappa shape index (κ1) is 25.9. The highest BCUT2D eigenvalue weighted by Crippen LogP contribution is 2.33. The predicted octanol–water partition coefficient (Wildman–Crippen LogP) is 5.64. The third-order valence-corrected chi connectivity index (χ3v) is 5.32. The summed E-state index contributed by atoms with van der Waals surface area (Å²) in [6.45, 7) is 5.50. The number of carbonyl (C=O) groups excluding carboxylic acids is 1. The number of fused-ring (bicyclic) bond motifs is 1. The van der Waals surface area contributed by atoms with Gasteiger partial charge >= 0.3 is 12.1 Å². The van der Waals surface area contributed by atoms with Gasteiger partial charge < -0.3 is 20.9 Å². The van der Waals surface area contributed by atoms with Crippen molar-refractivity contribution in [2.75, 3.05) is 5.73 Å². The van der Waals surface area contributed by atoms with Gasteiger partial charge in [-0.25, -0.2) is 4.79 Å². The van der Waals surface area contributed by atoms with Crippen LogP contribution < -0.4 is 15.8 Å². The number of rotatable bonds is 7. The van der Waals surface area contributed by atoms with Gasteiger partial charge in [0.1, 0.15) is 18.4 Å². The molecule has 0 spiro atoms. The second-order valence-electron chi connectivity index (χ2n) is 9.54. The van der Waals surface area contributed by atoms with Gasteiger partial charge in [0, 0.05) is 11.1 Å². The molecule has 4 N–H and O–H groups in total. The second kappa shape index (κ2) is 9.85. The van der Waals surface area contributed by atoms with E-state index in [1.807, 2.05) is 20.8 Å². The molecule has 0 aliphatic rings. The molecule has 35 heavy (non-hydrogen) atoms. The molecule has 0 fully saturated rings. The van der Waals surface area contributed by atoms with Crippen LogP contribution in [0, 0.1) is 5.41 Å². The molecule has 0 bridgehead atoms. The van der Waals surface area contributed by atoms with Crippen LogP contribution in [-0.2, 0) is 17.6 Å². The van der Waals surface area contributed by atoms with Crippen molar-refractivity contribution in [3.63, 3.8) is 0 Å². The molecule has 0 saturated heterocycles. The third kappa shape index (κ3) is 6.65. The van der Waals surface area contributed by atoms with Gasteiger partial charge in [0.05, 0.1) is 11.1 Å². The average Bonchev–Trinajstić information content (AvgIpc) is 2.75. The number of benzene rings is 3. The fourth-order valence-corrected chi connectivity index (χ4v) is 3.65. The number of carbonyl (C=O) groups is 2. The van der Waals surface area contributed by atoms with Crippen LogP contribution in [0.25, 0.3) is 10.8 Å². The van der Waals surface area contributed by atoms with Crippen molar-refractivity contribution in [1.82, 2.24) is 5.32 Å². The zero-order valence-corrected chi connectivity index (χ0v) is 19.6. The van der Waals surface area contributed by atoms with Crippen LogP contribution in [0.2, 0.25) is 0 Å². The number of amides is 1. The van der Waals surface area contributed by atoms with Crippen molar-refractivity contribution in [3.8, 4) is 5.75 Å². The van der Waals surface area contributed by atoms with Gasteiger partial charge in [-0.15, -0.1) is 0 Å². The van der Waals surface area contributed by atoms with Crippen LogP contribution in [0.4, 0.5) is 18.9 Å². The molecule has 0 aliphatic carbocycles. The first-order chi connectivity index (χ1) is 16.2. The molecule has 1 unspecified atom stereocenters. The molecule has 0 radical (unpaired) electrons. The molecular formula is C26H27F3N2O4. The van der Waals surface area contributed by atoms with Crippen LogP contribution in [0.3, 0.4) is 0 Å². The molecule has 3 aromatic carbocycles. The Balaban J connectivity index is 1.94. The first-order valence-corrected chi connectivity index (χ1v) is 10.9. The van der Waals surface area contributed by atoms with E-state index in [0.29, 0.717) is 22.0 Å². The number of carboxylic acids is 1. The van der Waals surface area contributed by atoms with E-state index in [1.54, 1.807) is 24.3 Å². The lowest BCUT2D eigenvalue weighted by Crippen LogP contribution is -2.43. The van der Waals surface area contributed by atoms with E-state index in [0.717, 1.165) is 12.1 Å². The summed E-state index contributed by atoms with van der Waals surface area (Å²) in [4.78, 5) is 24.9. The number of ether oxygens (including phenoxy) is 1. The van der Waals surface area contributed by atoms with Crippen LogP contribution >= 0.6 is 0 Å². The quantitative estimate of drug-likeness (QED) is 0.374. The summed E-state index contributed by atoms with van der Waals surface area (Å²) >= 11 is 0. The molecular weight excluding hydrogens is 461 g/mol. The van der Waals surface area contributed by atoms with Crippen molar-refractivity contribution in [2.24, 2.45) is 5.41 Å². The summed E-state index contributed by atoms with van der Waals surface area (Å²) in [6, 6.07) is 11.6. The van der Waals surface area contributed by atoms with Crippen molar-refractivity contribution >= 4 is 28.3 Å². The standard InChI is InChI=1S/C26H27F3N2O4/c1-25(2,3)13-21(24(33)34)31-23(32)20-10-6-16-12-18(30)9-11-19(16)22(20)35-14-15-4-7-17(8-5-15)26(27,28)29/h4-12,21H,13-14,30H2,1-3H3,(H,31,32)(H,33,34). The van der Waals surface area contributed by atoms with Gasteiger partial charge in [0.2, 0.25) is 0 Å². The molecule has 3 aromatic rings. The van der Waals surface area contributed by atoms with Crippen molar-refractivity contribution in [3.05, 3.63) is 71.3 Å². The van der Waals surface area contributed by atoms with Gasteiger partial charge in [0.15, 0.2) is 0 Å². The Kier molecular flexibility index (Phi) is 7.28. The van der Waals surface area contributed by atoms with Gasteiger partial charge in [-0.3, -0.25) is 4.79 Å². The van der Waals surface area contributed by atoms with Crippen LogP contribution in [0.1, 0.15) is 48.7 Å². The normalized spacial score (nSPS) is 12.9. The zero-order valence-electron chi connectivity index (χ0n) is 19.6.